The molecule has 0 amide bonds. The van der Waals surface area contributed by atoms with Gasteiger partial charge in [-0.1, -0.05) is 54.6 Å². The van der Waals surface area contributed by atoms with Crippen LogP contribution < -0.4 is 0 Å². The van der Waals surface area contributed by atoms with Crippen molar-refractivity contribution in [3.63, 3.8) is 0 Å². The van der Waals surface area contributed by atoms with Crippen LogP contribution in [0.4, 0.5) is 0 Å². The second-order valence-corrected chi connectivity index (χ2v) is 7.75. The number of benzene rings is 3. The average Bonchev–Trinajstić information content (AvgIpc) is 2.93. The molecule has 3 aromatic carbocycles. The highest BCUT2D eigenvalue weighted by Crippen LogP contribution is 2.52. The van der Waals surface area contributed by atoms with Crippen molar-refractivity contribution in [2.24, 2.45) is 0 Å². The summed E-state index contributed by atoms with van der Waals surface area (Å²) in [5, 5.41) is 0. The van der Waals surface area contributed by atoms with Crippen LogP contribution in [0.1, 0.15) is 11.1 Å². The second kappa shape index (κ2) is 5.63. The lowest BCUT2D eigenvalue weighted by molar-refractivity contribution is 1.25. The van der Waals surface area contributed by atoms with Gasteiger partial charge in [-0.15, -0.1) is 0 Å². The van der Waals surface area contributed by atoms with Gasteiger partial charge in [0, 0.05) is 24.5 Å². The molecule has 0 atom stereocenters. The fourth-order valence-corrected chi connectivity index (χ4v) is 5.16. The first kappa shape index (κ1) is 14.7. The van der Waals surface area contributed by atoms with Gasteiger partial charge < -0.3 is 0 Å². The van der Waals surface area contributed by atoms with Gasteiger partial charge in [-0.25, -0.2) is 0 Å². The Hall–Kier alpha value is -0.900. The van der Waals surface area contributed by atoms with Crippen molar-refractivity contribution in [3.8, 4) is 22.3 Å². The molecule has 0 N–H and O–H groups in total. The van der Waals surface area contributed by atoms with E-state index in [1.807, 2.05) is 0 Å². The summed E-state index contributed by atoms with van der Waals surface area (Å²) in [7, 11) is 0. The van der Waals surface area contributed by atoms with E-state index < -0.39 is 0 Å². The molecule has 3 aromatic rings. The molecule has 0 aliphatic heterocycles. The Kier molecular flexibility index (Phi) is 3.75. The maximum atomic E-state index is 3.79. The van der Waals surface area contributed by atoms with Crippen molar-refractivity contribution in [3.05, 3.63) is 79.1 Å². The summed E-state index contributed by atoms with van der Waals surface area (Å²) < 4.78 is 3.30. The van der Waals surface area contributed by atoms with E-state index in [4.69, 9.17) is 0 Å². The van der Waals surface area contributed by atoms with Crippen LogP contribution in [-0.2, 0) is 6.42 Å². The van der Waals surface area contributed by atoms with E-state index in [0.29, 0.717) is 0 Å². The highest BCUT2D eigenvalue weighted by atomic mass is 79.9. The normalized spacial score (nSPS) is 12.1. The van der Waals surface area contributed by atoms with Gasteiger partial charge in [0.25, 0.3) is 0 Å². The Morgan fingerprint density at radius 2 is 1.27 bits per heavy atom. The average molecular weight is 479 g/mol. The number of rotatable bonds is 1. The van der Waals surface area contributed by atoms with E-state index in [-0.39, 0.29) is 0 Å². The monoisotopic (exact) mass is 476 g/mol. The first-order valence-electron chi connectivity index (χ1n) is 7.01. The number of halogens is 3. The van der Waals surface area contributed by atoms with Gasteiger partial charge in [0.05, 0.1) is 0 Å². The van der Waals surface area contributed by atoms with Crippen LogP contribution in [-0.4, -0.2) is 0 Å². The van der Waals surface area contributed by atoms with Crippen molar-refractivity contribution in [2.45, 2.75) is 6.42 Å². The Morgan fingerprint density at radius 1 is 0.636 bits per heavy atom. The molecular formula is C19H11Br3. The highest BCUT2D eigenvalue weighted by molar-refractivity contribution is 9.14. The van der Waals surface area contributed by atoms with Gasteiger partial charge in [-0.2, -0.15) is 0 Å². The molecule has 3 heteroatoms. The van der Waals surface area contributed by atoms with Crippen molar-refractivity contribution >= 4 is 47.8 Å². The maximum Gasteiger partial charge on any atom is 0.0472 e. The largest absolute Gasteiger partial charge is 0.0622 e. The van der Waals surface area contributed by atoms with E-state index >= 15 is 0 Å². The zero-order chi connectivity index (χ0) is 15.3. The summed E-state index contributed by atoms with van der Waals surface area (Å²) in [6, 6.07) is 19.2. The first-order chi connectivity index (χ1) is 10.7. The molecule has 0 bridgehead atoms. The number of hydrogen-bond acceptors (Lipinski definition) is 0. The molecule has 108 valence electrons. The minimum Gasteiger partial charge on any atom is -0.0622 e. The van der Waals surface area contributed by atoms with Crippen LogP contribution in [0.15, 0.2) is 68.0 Å². The Morgan fingerprint density at radius 3 is 2.05 bits per heavy atom. The minimum absolute atomic E-state index is 0.972. The molecule has 1 aliphatic carbocycles. The molecule has 22 heavy (non-hydrogen) atoms. The smallest absolute Gasteiger partial charge is 0.0472 e. The third kappa shape index (κ3) is 2.14. The van der Waals surface area contributed by atoms with Gasteiger partial charge in [-0.3, -0.25) is 0 Å². The molecular weight excluding hydrogens is 468 g/mol. The SMILES string of the molecule is Brc1c(Br)c(-c2ccccc2)c2c(c1Br)-c1ccccc1C2. The molecule has 0 saturated carbocycles. The van der Waals surface area contributed by atoms with Crippen LogP contribution in [0.25, 0.3) is 22.3 Å². The molecule has 0 heterocycles. The number of hydrogen-bond donors (Lipinski definition) is 0. The fourth-order valence-electron chi connectivity index (χ4n) is 3.18. The highest BCUT2D eigenvalue weighted by Gasteiger charge is 2.28. The van der Waals surface area contributed by atoms with Crippen molar-refractivity contribution in [1.82, 2.24) is 0 Å². The molecule has 1 aliphatic rings. The molecule has 0 unspecified atom stereocenters. The lowest BCUT2D eigenvalue weighted by Gasteiger charge is -2.16. The predicted octanol–water partition coefficient (Wildman–Crippen LogP) is 7.21. The zero-order valence-corrected chi connectivity index (χ0v) is 16.3. The second-order valence-electron chi connectivity index (χ2n) is 5.37. The third-order valence-electron chi connectivity index (χ3n) is 4.14. The zero-order valence-electron chi connectivity index (χ0n) is 11.5. The van der Waals surface area contributed by atoms with E-state index in [1.54, 1.807) is 0 Å². The summed E-state index contributed by atoms with van der Waals surface area (Å²) >= 11 is 11.3. The molecule has 0 spiro atoms. The van der Waals surface area contributed by atoms with Crippen LogP contribution in [0.5, 0.6) is 0 Å². The van der Waals surface area contributed by atoms with Gasteiger partial charge in [0.2, 0.25) is 0 Å². The summed E-state index contributed by atoms with van der Waals surface area (Å²) in [4.78, 5) is 0. The fraction of sp³-hybridized carbons (Fsp3) is 0.0526. The minimum atomic E-state index is 0.972. The topological polar surface area (TPSA) is 0 Å². The Bertz CT molecular complexity index is 883. The molecule has 0 fully saturated rings. The van der Waals surface area contributed by atoms with E-state index in [2.05, 4.69) is 102 Å². The summed E-state index contributed by atoms with van der Waals surface area (Å²) in [5.41, 5.74) is 7.93. The van der Waals surface area contributed by atoms with Crippen molar-refractivity contribution < 1.29 is 0 Å². The first-order valence-corrected chi connectivity index (χ1v) is 9.39. The van der Waals surface area contributed by atoms with Gasteiger partial charge >= 0.3 is 0 Å². The summed E-state index contributed by atoms with van der Waals surface area (Å²) in [6.45, 7) is 0. The lowest BCUT2D eigenvalue weighted by Crippen LogP contribution is -1.93. The van der Waals surface area contributed by atoms with E-state index in [9.17, 15) is 0 Å². The van der Waals surface area contributed by atoms with Crippen LogP contribution in [0.2, 0.25) is 0 Å². The van der Waals surface area contributed by atoms with Crippen LogP contribution in [0.3, 0.4) is 0 Å². The molecule has 0 nitrogen and oxygen atoms in total. The van der Waals surface area contributed by atoms with Crippen LogP contribution >= 0.6 is 47.8 Å². The predicted molar refractivity (Wildman–Crippen MR) is 103 cm³/mol. The molecule has 0 aromatic heterocycles. The summed E-state index contributed by atoms with van der Waals surface area (Å²) in [6.07, 6.45) is 0.972. The molecule has 0 saturated heterocycles. The van der Waals surface area contributed by atoms with Gasteiger partial charge in [0.1, 0.15) is 0 Å². The third-order valence-corrected chi connectivity index (χ3v) is 7.59. The number of fused-ring (bicyclic) bond motifs is 3. The van der Waals surface area contributed by atoms with Crippen molar-refractivity contribution in [1.29, 1.82) is 0 Å². The van der Waals surface area contributed by atoms with Gasteiger partial charge in [0.15, 0.2) is 0 Å². The summed E-state index contributed by atoms with van der Waals surface area (Å²) in [5.74, 6) is 0. The Balaban J connectivity index is 2.10. The van der Waals surface area contributed by atoms with Crippen LogP contribution in [0, 0.1) is 0 Å². The maximum absolute atomic E-state index is 3.79. The van der Waals surface area contributed by atoms with Gasteiger partial charge in [-0.05, 0) is 76.5 Å². The van der Waals surface area contributed by atoms with E-state index in [1.165, 1.54) is 33.4 Å². The standard InChI is InChI=1S/C19H11Br3/c20-17-15(11-6-2-1-3-7-11)14-10-12-8-4-5-9-13(12)16(14)18(21)19(17)22/h1-9H,10H2. The Labute approximate surface area is 155 Å². The molecule has 4 rings (SSSR count). The lowest BCUT2D eigenvalue weighted by atomic mass is 9.96. The van der Waals surface area contributed by atoms with Crippen molar-refractivity contribution in [2.75, 3.05) is 0 Å². The van der Waals surface area contributed by atoms with E-state index in [0.717, 1.165) is 19.8 Å². The quantitative estimate of drug-likeness (QED) is 0.253. The molecule has 0 radical (unpaired) electrons.